The average Bonchev–Trinajstić information content (AvgIpc) is 3.18. The summed E-state index contributed by atoms with van der Waals surface area (Å²) in [6.07, 6.45) is 9.00. The molecule has 5 rings (SSSR count). The number of nitrogens with two attached hydrogens (primary N) is 1. The van der Waals surface area contributed by atoms with Gasteiger partial charge in [-0.25, -0.2) is 0 Å². The van der Waals surface area contributed by atoms with Crippen molar-refractivity contribution in [2.24, 2.45) is 5.84 Å². The monoisotopic (exact) mass is 433 g/mol. The van der Waals surface area contributed by atoms with Crippen molar-refractivity contribution in [1.82, 2.24) is 20.5 Å². The lowest BCUT2D eigenvalue weighted by Crippen LogP contribution is -2.46. The minimum absolute atomic E-state index is 0.122. The SMILES string of the molecule is NNC1CCN(CC2=C(c3ccc(Cl)cc3)NC3C=CC(c4ccccc4)=CN23)CC1. The first-order valence-corrected chi connectivity index (χ1v) is 11.3. The minimum atomic E-state index is 0.122. The van der Waals surface area contributed by atoms with Crippen LogP contribution in [-0.2, 0) is 0 Å². The molecule has 0 aliphatic carbocycles. The van der Waals surface area contributed by atoms with Crippen molar-refractivity contribution in [1.29, 1.82) is 0 Å². The van der Waals surface area contributed by atoms with Crippen molar-refractivity contribution in [3.8, 4) is 0 Å². The highest BCUT2D eigenvalue weighted by molar-refractivity contribution is 6.30. The van der Waals surface area contributed by atoms with Crippen LogP contribution in [0.25, 0.3) is 11.3 Å². The Balaban J connectivity index is 1.48. The molecule has 3 aliphatic heterocycles. The van der Waals surface area contributed by atoms with Crippen molar-refractivity contribution in [2.45, 2.75) is 25.0 Å². The van der Waals surface area contributed by atoms with Crippen LogP contribution in [0.15, 0.2) is 78.6 Å². The molecule has 1 saturated heterocycles. The molecule has 0 amide bonds. The Morgan fingerprint density at radius 1 is 1.00 bits per heavy atom. The molecule has 4 N–H and O–H groups in total. The number of hydrogen-bond acceptors (Lipinski definition) is 5. The van der Waals surface area contributed by atoms with Crippen LogP contribution in [0.4, 0.5) is 0 Å². The normalized spacial score (nSPS) is 21.8. The van der Waals surface area contributed by atoms with Crippen LogP contribution in [0.2, 0.25) is 5.02 Å². The lowest BCUT2D eigenvalue weighted by atomic mass is 10.0. The summed E-state index contributed by atoms with van der Waals surface area (Å²) < 4.78 is 0. The Morgan fingerprint density at radius 3 is 2.45 bits per heavy atom. The van der Waals surface area contributed by atoms with Gasteiger partial charge < -0.3 is 10.2 Å². The molecule has 2 aromatic carbocycles. The van der Waals surface area contributed by atoms with E-state index in [0.29, 0.717) is 6.04 Å². The van der Waals surface area contributed by atoms with Crippen LogP contribution in [0, 0.1) is 0 Å². The molecular formula is C25H28ClN5. The van der Waals surface area contributed by atoms with Crippen molar-refractivity contribution < 1.29 is 0 Å². The van der Waals surface area contributed by atoms with E-state index in [1.807, 2.05) is 12.1 Å². The molecule has 3 heterocycles. The molecule has 0 spiro atoms. The highest BCUT2D eigenvalue weighted by Crippen LogP contribution is 2.34. The topological polar surface area (TPSA) is 56.6 Å². The Kier molecular flexibility index (Phi) is 5.83. The maximum Gasteiger partial charge on any atom is 0.123 e. The predicted octanol–water partition coefficient (Wildman–Crippen LogP) is 3.78. The second-order valence-electron chi connectivity index (χ2n) is 8.35. The molecule has 5 nitrogen and oxygen atoms in total. The molecule has 1 fully saturated rings. The number of fused-ring (bicyclic) bond motifs is 1. The zero-order valence-corrected chi connectivity index (χ0v) is 18.2. The molecule has 0 radical (unpaired) electrons. The van der Waals surface area contributed by atoms with E-state index in [0.717, 1.165) is 43.1 Å². The van der Waals surface area contributed by atoms with Crippen LogP contribution >= 0.6 is 11.6 Å². The first-order chi connectivity index (χ1) is 15.2. The molecule has 1 unspecified atom stereocenters. The molecule has 6 heteroatoms. The van der Waals surface area contributed by atoms with E-state index in [-0.39, 0.29) is 6.17 Å². The van der Waals surface area contributed by atoms with Crippen LogP contribution < -0.4 is 16.6 Å². The van der Waals surface area contributed by atoms with Gasteiger partial charge in [0.1, 0.15) is 6.17 Å². The van der Waals surface area contributed by atoms with Crippen LogP contribution in [0.1, 0.15) is 24.0 Å². The van der Waals surface area contributed by atoms with Gasteiger partial charge in [0.15, 0.2) is 0 Å². The molecule has 160 valence electrons. The predicted molar refractivity (Wildman–Crippen MR) is 127 cm³/mol. The van der Waals surface area contributed by atoms with Crippen molar-refractivity contribution in [3.05, 3.63) is 94.8 Å². The molecule has 0 saturated carbocycles. The standard InChI is InChI=1S/C25H28ClN5/c26-21-9-6-19(7-10-21)25-23(17-30-14-12-22(29-27)13-15-30)31-16-20(8-11-24(31)28-25)18-4-2-1-3-5-18/h1-11,16,22,24,28-29H,12-15,17,27H2. The Bertz CT molecular complexity index is 1000. The number of likely N-dealkylation sites (tertiary alicyclic amines) is 1. The van der Waals surface area contributed by atoms with Gasteiger partial charge in [0.25, 0.3) is 0 Å². The molecule has 1 atom stereocenters. The maximum absolute atomic E-state index is 6.15. The van der Waals surface area contributed by atoms with E-state index in [2.05, 4.69) is 81.4 Å². The number of piperidine rings is 1. The van der Waals surface area contributed by atoms with Gasteiger partial charge >= 0.3 is 0 Å². The Hall–Kier alpha value is -2.57. The number of allylic oxidation sites excluding steroid dienone is 2. The molecule has 2 aromatic rings. The molecule has 0 aromatic heterocycles. The number of nitrogens with one attached hydrogen (secondary N) is 2. The smallest absolute Gasteiger partial charge is 0.123 e. The fourth-order valence-corrected chi connectivity index (χ4v) is 4.71. The third kappa shape index (κ3) is 4.27. The summed E-state index contributed by atoms with van der Waals surface area (Å²) in [5, 5.41) is 4.49. The second-order valence-corrected chi connectivity index (χ2v) is 8.79. The third-order valence-electron chi connectivity index (χ3n) is 6.37. The summed E-state index contributed by atoms with van der Waals surface area (Å²) in [7, 11) is 0. The number of nitrogens with zero attached hydrogens (tertiary/aromatic N) is 2. The van der Waals surface area contributed by atoms with Gasteiger partial charge in [0.05, 0.1) is 11.4 Å². The zero-order valence-electron chi connectivity index (χ0n) is 17.5. The fraction of sp³-hybridized carbons (Fsp3) is 0.280. The number of benzene rings is 2. The maximum atomic E-state index is 6.15. The summed E-state index contributed by atoms with van der Waals surface area (Å²) in [5.74, 6) is 5.66. The zero-order chi connectivity index (χ0) is 21.2. The van der Waals surface area contributed by atoms with E-state index in [1.54, 1.807) is 0 Å². The Labute approximate surface area is 188 Å². The van der Waals surface area contributed by atoms with E-state index < -0.39 is 0 Å². The molecular weight excluding hydrogens is 406 g/mol. The van der Waals surface area contributed by atoms with Crippen LogP contribution in [-0.4, -0.2) is 41.6 Å². The number of halogens is 1. The summed E-state index contributed by atoms with van der Waals surface area (Å²) >= 11 is 6.15. The highest BCUT2D eigenvalue weighted by Gasteiger charge is 2.33. The first kappa shape index (κ1) is 20.3. The summed E-state index contributed by atoms with van der Waals surface area (Å²) in [6, 6.07) is 19.1. The summed E-state index contributed by atoms with van der Waals surface area (Å²) in [6.45, 7) is 2.97. The fourth-order valence-electron chi connectivity index (χ4n) is 4.58. The van der Waals surface area contributed by atoms with Gasteiger partial charge in [-0.15, -0.1) is 0 Å². The molecule has 3 aliphatic rings. The van der Waals surface area contributed by atoms with Crippen LogP contribution in [0.3, 0.4) is 0 Å². The minimum Gasteiger partial charge on any atom is -0.360 e. The van der Waals surface area contributed by atoms with Crippen molar-refractivity contribution in [3.63, 3.8) is 0 Å². The van der Waals surface area contributed by atoms with Gasteiger partial charge in [0, 0.05) is 36.9 Å². The first-order valence-electron chi connectivity index (χ1n) is 10.9. The van der Waals surface area contributed by atoms with E-state index in [4.69, 9.17) is 17.4 Å². The molecule has 31 heavy (non-hydrogen) atoms. The van der Waals surface area contributed by atoms with E-state index >= 15 is 0 Å². The van der Waals surface area contributed by atoms with Gasteiger partial charge in [-0.1, -0.05) is 60.1 Å². The van der Waals surface area contributed by atoms with Crippen molar-refractivity contribution >= 4 is 22.9 Å². The number of hydrogen-bond donors (Lipinski definition) is 3. The van der Waals surface area contributed by atoms with Crippen LogP contribution in [0.5, 0.6) is 0 Å². The average molecular weight is 434 g/mol. The largest absolute Gasteiger partial charge is 0.360 e. The van der Waals surface area contributed by atoms with Crippen molar-refractivity contribution in [2.75, 3.05) is 19.6 Å². The second kappa shape index (κ2) is 8.89. The number of hydrazine groups is 1. The lowest BCUT2D eigenvalue weighted by Gasteiger charge is -2.34. The lowest BCUT2D eigenvalue weighted by molar-refractivity contribution is 0.200. The Morgan fingerprint density at radius 2 is 1.74 bits per heavy atom. The van der Waals surface area contributed by atoms with Gasteiger partial charge in [0.2, 0.25) is 0 Å². The van der Waals surface area contributed by atoms with Gasteiger partial charge in [-0.2, -0.15) is 0 Å². The summed E-state index contributed by atoms with van der Waals surface area (Å²) in [5.41, 5.74) is 9.02. The highest BCUT2D eigenvalue weighted by atomic mass is 35.5. The number of rotatable bonds is 5. The van der Waals surface area contributed by atoms with Gasteiger partial charge in [-0.3, -0.25) is 16.2 Å². The van der Waals surface area contributed by atoms with Gasteiger partial charge in [-0.05, 0) is 47.8 Å². The molecule has 0 bridgehead atoms. The third-order valence-corrected chi connectivity index (χ3v) is 6.62. The summed E-state index contributed by atoms with van der Waals surface area (Å²) in [4.78, 5) is 4.91. The van der Waals surface area contributed by atoms with E-state index in [1.165, 1.54) is 22.5 Å². The quantitative estimate of drug-likeness (QED) is 0.495. The van der Waals surface area contributed by atoms with E-state index in [9.17, 15) is 0 Å².